The van der Waals surface area contributed by atoms with Gasteiger partial charge in [0.25, 0.3) is 0 Å². The minimum Gasteiger partial charge on any atom is -0.319 e. The van der Waals surface area contributed by atoms with Gasteiger partial charge < -0.3 is 10.2 Å². The molecule has 1 fully saturated rings. The van der Waals surface area contributed by atoms with Crippen molar-refractivity contribution >= 4 is 0 Å². The van der Waals surface area contributed by atoms with Crippen LogP contribution in [-0.4, -0.2) is 38.1 Å². The molecule has 0 aliphatic carbocycles. The van der Waals surface area contributed by atoms with Crippen molar-refractivity contribution in [3.05, 3.63) is 35.9 Å². The topological polar surface area (TPSA) is 15.3 Å². The standard InChI is InChI=1S/C17H28N2/c1-15-9-11-19(12-10-15)14-17(2,13-18-3)16-7-5-4-6-8-16/h4-8,15,18H,9-14H2,1-3H3. The second kappa shape index (κ2) is 6.53. The molecule has 0 aromatic heterocycles. The van der Waals surface area contributed by atoms with Gasteiger partial charge in [-0.05, 0) is 44.5 Å². The average Bonchev–Trinajstić information content (AvgIpc) is 2.43. The fourth-order valence-corrected chi connectivity index (χ4v) is 3.19. The highest BCUT2D eigenvalue weighted by atomic mass is 15.1. The lowest BCUT2D eigenvalue weighted by Crippen LogP contribution is -2.47. The van der Waals surface area contributed by atoms with Crippen molar-refractivity contribution in [2.24, 2.45) is 5.92 Å². The summed E-state index contributed by atoms with van der Waals surface area (Å²) in [5.41, 5.74) is 1.65. The first-order valence-electron chi connectivity index (χ1n) is 7.56. The van der Waals surface area contributed by atoms with E-state index in [0.717, 1.165) is 19.0 Å². The summed E-state index contributed by atoms with van der Waals surface area (Å²) in [6, 6.07) is 10.9. The van der Waals surface area contributed by atoms with Crippen LogP contribution in [-0.2, 0) is 5.41 Å². The Morgan fingerprint density at radius 1 is 1.21 bits per heavy atom. The van der Waals surface area contributed by atoms with Gasteiger partial charge in [-0.1, -0.05) is 44.2 Å². The third-order valence-electron chi connectivity index (χ3n) is 4.49. The lowest BCUT2D eigenvalue weighted by Gasteiger charge is -2.39. The molecule has 0 bridgehead atoms. The Kier molecular flexibility index (Phi) is 5.00. The third-order valence-corrected chi connectivity index (χ3v) is 4.49. The number of nitrogens with zero attached hydrogens (tertiary/aromatic N) is 1. The van der Waals surface area contributed by atoms with Crippen LogP contribution in [0.25, 0.3) is 0 Å². The number of hydrogen-bond donors (Lipinski definition) is 1. The van der Waals surface area contributed by atoms with Crippen molar-refractivity contribution in [1.82, 2.24) is 10.2 Å². The molecule has 1 unspecified atom stereocenters. The first kappa shape index (κ1) is 14.5. The van der Waals surface area contributed by atoms with Crippen molar-refractivity contribution in [3.8, 4) is 0 Å². The van der Waals surface area contributed by atoms with Gasteiger partial charge in [-0.2, -0.15) is 0 Å². The fraction of sp³-hybridized carbons (Fsp3) is 0.647. The van der Waals surface area contributed by atoms with Gasteiger partial charge in [0.15, 0.2) is 0 Å². The summed E-state index contributed by atoms with van der Waals surface area (Å²) in [5.74, 6) is 0.906. The molecule has 1 aliphatic rings. The monoisotopic (exact) mass is 260 g/mol. The summed E-state index contributed by atoms with van der Waals surface area (Å²) in [6.45, 7) is 9.46. The summed E-state index contributed by atoms with van der Waals surface area (Å²) in [7, 11) is 2.06. The zero-order chi connectivity index (χ0) is 13.7. The van der Waals surface area contributed by atoms with Crippen LogP contribution in [0.3, 0.4) is 0 Å². The molecular weight excluding hydrogens is 232 g/mol. The smallest absolute Gasteiger partial charge is 0.0176 e. The second-order valence-electron chi connectivity index (χ2n) is 6.42. The second-order valence-corrected chi connectivity index (χ2v) is 6.42. The Balaban J connectivity index is 2.07. The molecule has 2 nitrogen and oxygen atoms in total. The van der Waals surface area contributed by atoms with E-state index in [1.54, 1.807) is 0 Å². The van der Waals surface area contributed by atoms with E-state index in [-0.39, 0.29) is 5.41 Å². The zero-order valence-corrected chi connectivity index (χ0v) is 12.7. The summed E-state index contributed by atoms with van der Waals surface area (Å²) in [6.07, 6.45) is 2.70. The third kappa shape index (κ3) is 3.80. The van der Waals surface area contributed by atoms with Crippen molar-refractivity contribution in [2.45, 2.75) is 32.1 Å². The Labute approximate surface area is 118 Å². The summed E-state index contributed by atoms with van der Waals surface area (Å²) >= 11 is 0. The number of piperidine rings is 1. The first-order valence-corrected chi connectivity index (χ1v) is 7.56. The van der Waals surface area contributed by atoms with Crippen LogP contribution in [0.5, 0.6) is 0 Å². The van der Waals surface area contributed by atoms with Crippen LogP contribution in [0.4, 0.5) is 0 Å². The predicted molar refractivity (Wildman–Crippen MR) is 82.6 cm³/mol. The normalized spacial score (nSPS) is 21.2. The van der Waals surface area contributed by atoms with E-state index in [4.69, 9.17) is 0 Å². The lowest BCUT2D eigenvalue weighted by molar-refractivity contribution is 0.156. The van der Waals surface area contributed by atoms with E-state index in [1.807, 2.05) is 0 Å². The number of hydrogen-bond acceptors (Lipinski definition) is 2. The van der Waals surface area contributed by atoms with E-state index < -0.39 is 0 Å². The van der Waals surface area contributed by atoms with Gasteiger partial charge in [-0.15, -0.1) is 0 Å². The van der Waals surface area contributed by atoms with Gasteiger partial charge in [0.05, 0.1) is 0 Å². The first-order chi connectivity index (χ1) is 9.14. The number of likely N-dealkylation sites (tertiary alicyclic amines) is 1. The molecule has 106 valence electrons. The molecule has 1 heterocycles. The van der Waals surface area contributed by atoms with Crippen LogP contribution in [0.15, 0.2) is 30.3 Å². The molecule has 2 rings (SSSR count). The van der Waals surface area contributed by atoms with Gasteiger partial charge in [-0.25, -0.2) is 0 Å². The van der Waals surface area contributed by atoms with Crippen LogP contribution in [0.1, 0.15) is 32.3 Å². The quantitative estimate of drug-likeness (QED) is 0.876. The van der Waals surface area contributed by atoms with Crippen LogP contribution < -0.4 is 5.32 Å². The molecule has 2 heteroatoms. The Morgan fingerprint density at radius 2 is 1.84 bits per heavy atom. The molecule has 19 heavy (non-hydrogen) atoms. The molecule has 0 saturated carbocycles. The molecule has 1 aromatic carbocycles. The van der Waals surface area contributed by atoms with Crippen molar-refractivity contribution < 1.29 is 0 Å². The van der Waals surface area contributed by atoms with Gasteiger partial charge in [0, 0.05) is 18.5 Å². The zero-order valence-electron chi connectivity index (χ0n) is 12.7. The maximum Gasteiger partial charge on any atom is 0.0176 e. The molecule has 0 radical (unpaired) electrons. The van der Waals surface area contributed by atoms with E-state index >= 15 is 0 Å². The highest BCUT2D eigenvalue weighted by Crippen LogP contribution is 2.26. The Morgan fingerprint density at radius 3 is 2.42 bits per heavy atom. The fourth-order valence-electron chi connectivity index (χ4n) is 3.19. The number of nitrogens with one attached hydrogen (secondary N) is 1. The minimum absolute atomic E-state index is 0.205. The van der Waals surface area contributed by atoms with E-state index in [9.17, 15) is 0 Å². The minimum atomic E-state index is 0.205. The lowest BCUT2D eigenvalue weighted by atomic mass is 9.81. The van der Waals surface area contributed by atoms with E-state index in [1.165, 1.54) is 31.5 Å². The Hall–Kier alpha value is -0.860. The van der Waals surface area contributed by atoms with Crippen molar-refractivity contribution in [2.75, 3.05) is 33.2 Å². The average molecular weight is 260 g/mol. The van der Waals surface area contributed by atoms with Gasteiger partial charge in [-0.3, -0.25) is 0 Å². The predicted octanol–water partition coefficient (Wildman–Crippen LogP) is 2.90. The number of benzene rings is 1. The summed E-state index contributed by atoms with van der Waals surface area (Å²) < 4.78 is 0. The van der Waals surface area contributed by atoms with Crippen molar-refractivity contribution in [1.29, 1.82) is 0 Å². The molecular formula is C17H28N2. The van der Waals surface area contributed by atoms with Crippen LogP contribution in [0.2, 0.25) is 0 Å². The highest BCUT2D eigenvalue weighted by Gasteiger charge is 2.29. The van der Waals surface area contributed by atoms with E-state index in [0.29, 0.717) is 0 Å². The highest BCUT2D eigenvalue weighted by molar-refractivity contribution is 5.25. The molecule has 1 saturated heterocycles. The Bertz CT molecular complexity index is 368. The summed E-state index contributed by atoms with van der Waals surface area (Å²) in [4.78, 5) is 2.64. The molecule has 0 spiro atoms. The molecule has 1 N–H and O–H groups in total. The SMILES string of the molecule is CNCC(C)(CN1CCC(C)CC1)c1ccccc1. The number of likely N-dealkylation sites (N-methyl/N-ethyl adjacent to an activating group) is 1. The van der Waals surface area contributed by atoms with Gasteiger partial charge in [0.1, 0.15) is 0 Å². The van der Waals surface area contributed by atoms with Crippen LogP contribution >= 0.6 is 0 Å². The molecule has 1 aromatic rings. The largest absolute Gasteiger partial charge is 0.319 e. The molecule has 1 aliphatic heterocycles. The van der Waals surface area contributed by atoms with E-state index in [2.05, 4.69) is 61.4 Å². The maximum absolute atomic E-state index is 3.38. The molecule has 0 amide bonds. The summed E-state index contributed by atoms with van der Waals surface area (Å²) in [5, 5.41) is 3.38. The molecule has 1 atom stereocenters. The number of rotatable bonds is 5. The van der Waals surface area contributed by atoms with Crippen molar-refractivity contribution in [3.63, 3.8) is 0 Å². The van der Waals surface area contributed by atoms with Gasteiger partial charge >= 0.3 is 0 Å². The van der Waals surface area contributed by atoms with Crippen LogP contribution in [0, 0.1) is 5.92 Å². The maximum atomic E-state index is 3.38. The van der Waals surface area contributed by atoms with Gasteiger partial charge in [0.2, 0.25) is 0 Å².